The monoisotopic (exact) mass is 266 g/mol. The molecule has 2 heterocycles. The average molecular weight is 266 g/mol. The van der Waals surface area contributed by atoms with Crippen molar-refractivity contribution in [1.82, 2.24) is 15.0 Å². The van der Waals surface area contributed by atoms with Crippen LogP contribution in [-0.4, -0.2) is 21.1 Å². The standard InChI is InChI=1S/C11H14N4O2S/c1-7(2)17-10-13-9(12)14-11(15-10)18-6-8-4-3-5-16-8/h3-5,7H,6H2,1-2H3,(H2,12,13,14,15). The largest absolute Gasteiger partial charge is 0.468 e. The van der Waals surface area contributed by atoms with E-state index >= 15 is 0 Å². The summed E-state index contributed by atoms with van der Waals surface area (Å²) in [7, 11) is 0. The molecular formula is C11H14N4O2S. The van der Waals surface area contributed by atoms with Crippen LogP contribution >= 0.6 is 11.8 Å². The second-order valence-corrected chi connectivity index (χ2v) is 4.74. The molecule has 0 saturated carbocycles. The second-order valence-electron chi connectivity index (χ2n) is 3.79. The number of nitrogens with zero attached hydrogens (tertiary/aromatic N) is 3. The van der Waals surface area contributed by atoms with Crippen molar-refractivity contribution in [3.05, 3.63) is 24.2 Å². The van der Waals surface area contributed by atoms with Crippen LogP contribution in [0, 0.1) is 0 Å². The van der Waals surface area contributed by atoms with E-state index in [4.69, 9.17) is 14.9 Å². The van der Waals surface area contributed by atoms with Gasteiger partial charge in [0.2, 0.25) is 5.95 Å². The number of nitrogen functional groups attached to an aromatic ring is 1. The maximum absolute atomic E-state index is 5.61. The minimum Gasteiger partial charge on any atom is -0.468 e. The molecule has 7 heteroatoms. The first-order valence-electron chi connectivity index (χ1n) is 5.47. The highest BCUT2D eigenvalue weighted by molar-refractivity contribution is 7.98. The van der Waals surface area contributed by atoms with E-state index in [1.165, 1.54) is 11.8 Å². The van der Waals surface area contributed by atoms with E-state index < -0.39 is 0 Å². The van der Waals surface area contributed by atoms with Crippen molar-refractivity contribution in [2.45, 2.75) is 30.9 Å². The predicted octanol–water partition coefficient (Wildman–Crippen LogP) is 2.13. The molecule has 2 aromatic heterocycles. The summed E-state index contributed by atoms with van der Waals surface area (Å²) in [6.45, 7) is 3.80. The fraction of sp³-hybridized carbons (Fsp3) is 0.364. The van der Waals surface area contributed by atoms with Crippen LogP contribution < -0.4 is 10.5 Å². The van der Waals surface area contributed by atoms with Crippen molar-refractivity contribution in [2.75, 3.05) is 5.73 Å². The minimum absolute atomic E-state index is 0.00489. The molecule has 96 valence electrons. The Bertz CT molecular complexity index is 502. The third-order valence-corrected chi connectivity index (χ3v) is 2.75. The van der Waals surface area contributed by atoms with Crippen molar-refractivity contribution in [2.24, 2.45) is 0 Å². The summed E-state index contributed by atoms with van der Waals surface area (Å²) in [6.07, 6.45) is 1.63. The number of thioether (sulfide) groups is 1. The third-order valence-electron chi connectivity index (χ3n) is 1.88. The van der Waals surface area contributed by atoms with Crippen LogP contribution in [0.1, 0.15) is 19.6 Å². The molecule has 0 spiro atoms. The summed E-state index contributed by atoms with van der Waals surface area (Å²) in [6, 6.07) is 3.98. The van der Waals surface area contributed by atoms with Gasteiger partial charge in [-0.1, -0.05) is 11.8 Å². The molecule has 0 aliphatic carbocycles. The Kier molecular flexibility index (Phi) is 4.03. The Morgan fingerprint density at radius 1 is 1.39 bits per heavy atom. The molecule has 0 atom stereocenters. The van der Waals surface area contributed by atoms with E-state index in [1.54, 1.807) is 6.26 Å². The number of nitrogens with two attached hydrogens (primary N) is 1. The van der Waals surface area contributed by atoms with Gasteiger partial charge < -0.3 is 14.9 Å². The quantitative estimate of drug-likeness (QED) is 0.829. The zero-order valence-electron chi connectivity index (χ0n) is 10.2. The van der Waals surface area contributed by atoms with Crippen molar-refractivity contribution in [3.63, 3.8) is 0 Å². The Balaban J connectivity index is 2.05. The van der Waals surface area contributed by atoms with Gasteiger partial charge in [0.05, 0.1) is 18.1 Å². The van der Waals surface area contributed by atoms with Gasteiger partial charge in [-0.25, -0.2) is 0 Å². The van der Waals surface area contributed by atoms with Crippen LogP contribution in [0.15, 0.2) is 28.0 Å². The number of aromatic nitrogens is 3. The summed E-state index contributed by atoms with van der Waals surface area (Å²) < 4.78 is 10.6. The van der Waals surface area contributed by atoms with Gasteiger partial charge in [0.1, 0.15) is 5.76 Å². The van der Waals surface area contributed by atoms with Gasteiger partial charge in [-0.05, 0) is 26.0 Å². The molecule has 2 N–H and O–H groups in total. The van der Waals surface area contributed by atoms with E-state index in [-0.39, 0.29) is 18.1 Å². The molecule has 2 rings (SSSR count). The number of rotatable bonds is 5. The lowest BCUT2D eigenvalue weighted by atomic mass is 10.5. The minimum atomic E-state index is -0.00489. The molecule has 0 aliphatic heterocycles. The number of hydrogen-bond acceptors (Lipinski definition) is 7. The Morgan fingerprint density at radius 3 is 2.89 bits per heavy atom. The van der Waals surface area contributed by atoms with Crippen molar-refractivity contribution >= 4 is 17.7 Å². The van der Waals surface area contributed by atoms with Crippen molar-refractivity contribution < 1.29 is 9.15 Å². The van der Waals surface area contributed by atoms with Crippen LogP contribution in [0.4, 0.5) is 5.95 Å². The molecule has 0 amide bonds. The van der Waals surface area contributed by atoms with Crippen molar-refractivity contribution in [1.29, 1.82) is 0 Å². The van der Waals surface area contributed by atoms with E-state index in [2.05, 4.69) is 15.0 Å². The first kappa shape index (κ1) is 12.7. The summed E-state index contributed by atoms with van der Waals surface area (Å²) >= 11 is 1.42. The van der Waals surface area contributed by atoms with Gasteiger partial charge in [0.25, 0.3) is 0 Å². The van der Waals surface area contributed by atoms with Crippen LogP contribution in [0.3, 0.4) is 0 Å². The molecule has 0 fully saturated rings. The number of ether oxygens (including phenoxy) is 1. The molecular weight excluding hydrogens is 252 g/mol. The molecule has 0 saturated heterocycles. The first-order chi connectivity index (χ1) is 8.63. The zero-order chi connectivity index (χ0) is 13.0. The summed E-state index contributed by atoms with van der Waals surface area (Å²) in [5.74, 6) is 1.64. The van der Waals surface area contributed by atoms with Gasteiger partial charge in [-0.15, -0.1) is 0 Å². The molecule has 0 radical (unpaired) electrons. The van der Waals surface area contributed by atoms with Crippen LogP contribution in [-0.2, 0) is 5.75 Å². The first-order valence-corrected chi connectivity index (χ1v) is 6.45. The fourth-order valence-electron chi connectivity index (χ4n) is 1.21. The Labute approximate surface area is 109 Å². The number of furan rings is 1. The van der Waals surface area contributed by atoms with Gasteiger partial charge in [-0.2, -0.15) is 15.0 Å². The molecule has 0 aliphatic rings. The SMILES string of the molecule is CC(C)Oc1nc(N)nc(SCc2ccco2)n1. The summed E-state index contributed by atoms with van der Waals surface area (Å²) in [4.78, 5) is 12.1. The lowest BCUT2D eigenvalue weighted by molar-refractivity contribution is 0.219. The Hall–Kier alpha value is -1.76. The molecule has 2 aromatic rings. The molecule has 0 unspecified atom stereocenters. The zero-order valence-corrected chi connectivity index (χ0v) is 11.0. The van der Waals surface area contributed by atoms with E-state index in [0.29, 0.717) is 10.9 Å². The molecule has 6 nitrogen and oxygen atoms in total. The summed E-state index contributed by atoms with van der Waals surface area (Å²) in [5, 5.41) is 0.523. The normalized spacial score (nSPS) is 10.8. The molecule has 0 aromatic carbocycles. The predicted molar refractivity (Wildman–Crippen MR) is 68.3 cm³/mol. The molecule has 0 bridgehead atoms. The maximum Gasteiger partial charge on any atom is 0.322 e. The highest BCUT2D eigenvalue weighted by Crippen LogP contribution is 2.21. The van der Waals surface area contributed by atoms with Crippen LogP contribution in [0.5, 0.6) is 6.01 Å². The third kappa shape index (κ3) is 3.63. The highest BCUT2D eigenvalue weighted by atomic mass is 32.2. The van der Waals surface area contributed by atoms with Crippen molar-refractivity contribution in [3.8, 4) is 6.01 Å². The average Bonchev–Trinajstić information content (AvgIpc) is 2.77. The molecule has 18 heavy (non-hydrogen) atoms. The lowest BCUT2D eigenvalue weighted by Crippen LogP contribution is -2.10. The smallest absolute Gasteiger partial charge is 0.322 e. The number of hydrogen-bond donors (Lipinski definition) is 1. The van der Waals surface area contributed by atoms with E-state index in [0.717, 1.165) is 5.76 Å². The van der Waals surface area contributed by atoms with Gasteiger partial charge in [0, 0.05) is 0 Å². The highest BCUT2D eigenvalue weighted by Gasteiger charge is 2.08. The van der Waals surface area contributed by atoms with Crippen LogP contribution in [0.2, 0.25) is 0 Å². The Morgan fingerprint density at radius 2 is 2.22 bits per heavy atom. The maximum atomic E-state index is 5.61. The fourth-order valence-corrected chi connectivity index (χ4v) is 1.95. The van der Waals surface area contributed by atoms with Gasteiger partial charge >= 0.3 is 6.01 Å². The summed E-state index contributed by atoms with van der Waals surface area (Å²) in [5.41, 5.74) is 5.61. The second kappa shape index (κ2) is 5.72. The van der Waals surface area contributed by atoms with E-state index in [1.807, 2.05) is 26.0 Å². The topological polar surface area (TPSA) is 87.1 Å². The van der Waals surface area contributed by atoms with Crippen LogP contribution in [0.25, 0.3) is 0 Å². The lowest BCUT2D eigenvalue weighted by Gasteiger charge is -2.08. The van der Waals surface area contributed by atoms with Gasteiger partial charge in [0.15, 0.2) is 5.16 Å². The van der Waals surface area contributed by atoms with Gasteiger partial charge in [-0.3, -0.25) is 0 Å². The number of anilines is 1. The van der Waals surface area contributed by atoms with E-state index in [9.17, 15) is 0 Å².